The van der Waals surface area contributed by atoms with E-state index in [1.807, 2.05) is 30.1 Å². The Morgan fingerprint density at radius 2 is 1.71 bits per heavy atom. The molecule has 3 saturated heterocycles. The SMILES string of the molecule is CN(C(=O)C1CC(c2ccccc2)NN1)C1CC2CCC(C1)N2.Cl. The van der Waals surface area contributed by atoms with Crippen molar-refractivity contribution in [2.24, 2.45) is 0 Å². The maximum Gasteiger partial charge on any atom is 0.241 e. The molecular formula is C18H27ClN4O. The molecule has 0 saturated carbocycles. The molecule has 0 spiro atoms. The summed E-state index contributed by atoms with van der Waals surface area (Å²) in [4.78, 5) is 14.9. The van der Waals surface area contributed by atoms with Crippen molar-refractivity contribution in [2.75, 3.05) is 7.05 Å². The summed E-state index contributed by atoms with van der Waals surface area (Å²) >= 11 is 0. The van der Waals surface area contributed by atoms with Crippen LogP contribution in [0.25, 0.3) is 0 Å². The average molecular weight is 351 g/mol. The van der Waals surface area contributed by atoms with Crippen LogP contribution in [0.2, 0.25) is 0 Å². The third-order valence-corrected chi connectivity index (χ3v) is 5.75. The maximum absolute atomic E-state index is 12.9. The minimum atomic E-state index is -0.127. The fraction of sp³-hybridized carbons (Fsp3) is 0.611. The van der Waals surface area contributed by atoms with Gasteiger partial charge in [-0.25, -0.2) is 10.9 Å². The van der Waals surface area contributed by atoms with Gasteiger partial charge in [0.25, 0.3) is 0 Å². The lowest BCUT2D eigenvalue weighted by molar-refractivity contribution is -0.134. The molecule has 3 aliphatic heterocycles. The lowest BCUT2D eigenvalue weighted by atomic mass is 9.97. The topological polar surface area (TPSA) is 56.4 Å². The Balaban J connectivity index is 0.00000169. The first-order valence-electron chi connectivity index (χ1n) is 8.79. The number of hydrogen-bond acceptors (Lipinski definition) is 4. The van der Waals surface area contributed by atoms with Crippen LogP contribution in [0, 0.1) is 0 Å². The average Bonchev–Trinajstić information content (AvgIpc) is 3.21. The normalized spacial score (nSPS) is 34.6. The smallest absolute Gasteiger partial charge is 0.241 e. The molecule has 4 atom stereocenters. The number of hydrazine groups is 1. The minimum absolute atomic E-state index is 0. The largest absolute Gasteiger partial charge is 0.341 e. The van der Waals surface area contributed by atoms with Crippen LogP contribution in [-0.4, -0.2) is 42.0 Å². The Morgan fingerprint density at radius 1 is 1.04 bits per heavy atom. The van der Waals surface area contributed by atoms with E-state index < -0.39 is 0 Å². The Morgan fingerprint density at radius 3 is 2.38 bits per heavy atom. The molecule has 1 aromatic carbocycles. The van der Waals surface area contributed by atoms with Crippen molar-refractivity contribution in [3.05, 3.63) is 35.9 Å². The van der Waals surface area contributed by atoms with Crippen molar-refractivity contribution >= 4 is 18.3 Å². The van der Waals surface area contributed by atoms with Crippen molar-refractivity contribution in [3.8, 4) is 0 Å². The first kappa shape index (κ1) is 17.7. The summed E-state index contributed by atoms with van der Waals surface area (Å²) in [5, 5.41) is 3.65. The second kappa shape index (κ2) is 7.40. The second-order valence-electron chi connectivity index (χ2n) is 7.25. The van der Waals surface area contributed by atoms with Gasteiger partial charge in [-0.05, 0) is 37.7 Å². The fourth-order valence-corrected chi connectivity index (χ4v) is 4.39. The molecule has 3 aliphatic rings. The zero-order valence-electron chi connectivity index (χ0n) is 14.1. The highest BCUT2D eigenvalue weighted by atomic mass is 35.5. The van der Waals surface area contributed by atoms with Crippen LogP contribution in [0.15, 0.2) is 30.3 Å². The van der Waals surface area contributed by atoms with E-state index in [4.69, 9.17) is 0 Å². The Labute approximate surface area is 149 Å². The molecule has 2 bridgehead atoms. The van der Waals surface area contributed by atoms with Crippen molar-refractivity contribution in [1.82, 2.24) is 21.1 Å². The molecule has 3 fully saturated rings. The number of rotatable bonds is 3. The number of halogens is 1. The molecule has 3 heterocycles. The Bertz CT molecular complexity index is 557. The Hall–Kier alpha value is -1.14. The molecular weight excluding hydrogens is 324 g/mol. The van der Waals surface area contributed by atoms with E-state index in [1.54, 1.807) is 0 Å². The molecule has 5 nitrogen and oxygen atoms in total. The summed E-state index contributed by atoms with van der Waals surface area (Å²) in [5.41, 5.74) is 7.72. The van der Waals surface area contributed by atoms with E-state index >= 15 is 0 Å². The number of piperidine rings is 1. The summed E-state index contributed by atoms with van der Waals surface area (Å²) in [6.07, 6.45) is 5.54. The van der Waals surface area contributed by atoms with Crippen LogP contribution in [-0.2, 0) is 4.79 Å². The lowest BCUT2D eigenvalue weighted by Gasteiger charge is -2.36. The molecule has 6 heteroatoms. The van der Waals surface area contributed by atoms with E-state index in [-0.39, 0.29) is 30.4 Å². The summed E-state index contributed by atoms with van der Waals surface area (Å²) in [5.74, 6) is 0.224. The van der Waals surface area contributed by atoms with Crippen LogP contribution in [0.3, 0.4) is 0 Å². The first-order valence-corrected chi connectivity index (χ1v) is 8.79. The third kappa shape index (κ3) is 3.45. The standard InChI is InChI=1S/C18H26N4O.ClH/c1-22(15-9-13-7-8-14(10-15)19-13)18(23)17-11-16(20-21-17)12-5-3-2-4-6-12;/h2-6,13-17,19-21H,7-11H2,1H3;1H. The molecule has 24 heavy (non-hydrogen) atoms. The summed E-state index contributed by atoms with van der Waals surface area (Å²) in [6.45, 7) is 0. The Kier molecular flexibility index (Phi) is 5.45. The number of fused-ring (bicyclic) bond motifs is 2. The zero-order chi connectivity index (χ0) is 15.8. The van der Waals surface area contributed by atoms with E-state index in [2.05, 4.69) is 28.3 Å². The number of amides is 1. The number of benzene rings is 1. The van der Waals surface area contributed by atoms with Gasteiger partial charge in [-0.1, -0.05) is 30.3 Å². The number of carbonyl (C=O) groups is 1. The highest BCUT2D eigenvalue weighted by molar-refractivity contribution is 5.85. The monoisotopic (exact) mass is 350 g/mol. The van der Waals surface area contributed by atoms with Gasteiger partial charge in [-0.15, -0.1) is 12.4 Å². The fourth-order valence-electron chi connectivity index (χ4n) is 4.39. The predicted molar refractivity (Wildman–Crippen MR) is 96.8 cm³/mol. The van der Waals surface area contributed by atoms with Crippen molar-refractivity contribution in [3.63, 3.8) is 0 Å². The van der Waals surface area contributed by atoms with Crippen LogP contribution in [0.1, 0.15) is 43.7 Å². The van der Waals surface area contributed by atoms with Crippen LogP contribution >= 0.6 is 12.4 Å². The van der Waals surface area contributed by atoms with Gasteiger partial charge < -0.3 is 10.2 Å². The van der Waals surface area contributed by atoms with Gasteiger partial charge >= 0.3 is 0 Å². The maximum atomic E-state index is 12.9. The highest BCUT2D eigenvalue weighted by Crippen LogP contribution is 2.30. The number of nitrogens with one attached hydrogen (secondary N) is 3. The third-order valence-electron chi connectivity index (χ3n) is 5.75. The van der Waals surface area contributed by atoms with Gasteiger partial charge in [0.1, 0.15) is 6.04 Å². The van der Waals surface area contributed by atoms with Gasteiger partial charge in [0.15, 0.2) is 0 Å². The van der Waals surface area contributed by atoms with E-state index in [9.17, 15) is 4.79 Å². The predicted octanol–water partition coefficient (Wildman–Crippen LogP) is 1.76. The number of likely N-dealkylation sites (N-methyl/N-ethyl adjacent to an activating group) is 1. The minimum Gasteiger partial charge on any atom is -0.341 e. The zero-order valence-corrected chi connectivity index (χ0v) is 14.9. The molecule has 3 N–H and O–H groups in total. The van der Waals surface area contributed by atoms with Crippen LogP contribution in [0.4, 0.5) is 0 Å². The second-order valence-corrected chi connectivity index (χ2v) is 7.25. The van der Waals surface area contributed by atoms with Gasteiger partial charge in [0, 0.05) is 31.2 Å². The van der Waals surface area contributed by atoms with Crippen molar-refractivity contribution in [2.45, 2.75) is 62.3 Å². The molecule has 0 radical (unpaired) electrons. The molecule has 4 unspecified atom stereocenters. The first-order chi connectivity index (χ1) is 11.2. The van der Waals surface area contributed by atoms with Gasteiger partial charge in [0.2, 0.25) is 5.91 Å². The molecule has 1 amide bonds. The number of nitrogens with zero attached hydrogens (tertiary/aromatic N) is 1. The molecule has 1 aromatic rings. The molecule has 0 aliphatic carbocycles. The number of hydrogen-bond donors (Lipinski definition) is 3. The summed E-state index contributed by atoms with van der Waals surface area (Å²) in [7, 11) is 1.98. The summed E-state index contributed by atoms with van der Waals surface area (Å²) < 4.78 is 0. The summed E-state index contributed by atoms with van der Waals surface area (Å²) in [6, 6.07) is 12.0. The highest BCUT2D eigenvalue weighted by Gasteiger charge is 2.39. The quantitative estimate of drug-likeness (QED) is 0.777. The van der Waals surface area contributed by atoms with E-state index in [0.717, 1.165) is 19.3 Å². The van der Waals surface area contributed by atoms with Crippen molar-refractivity contribution in [1.29, 1.82) is 0 Å². The number of carbonyl (C=O) groups excluding carboxylic acids is 1. The molecule has 0 aromatic heterocycles. The van der Waals surface area contributed by atoms with Gasteiger partial charge in [0.05, 0.1) is 0 Å². The van der Waals surface area contributed by atoms with Gasteiger partial charge in [-0.2, -0.15) is 0 Å². The molecule has 132 valence electrons. The lowest BCUT2D eigenvalue weighted by Crippen LogP contribution is -2.53. The van der Waals surface area contributed by atoms with Crippen molar-refractivity contribution < 1.29 is 4.79 Å². The van der Waals surface area contributed by atoms with E-state index in [1.165, 1.54) is 18.4 Å². The van der Waals surface area contributed by atoms with Crippen LogP contribution < -0.4 is 16.2 Å². The van der Waals surface area contributed by atoms with E-state index in [0.29, 0.717) is 18.1 Å². The van der Waals surface area contributed by atoms with Gasteiger partial charge in [-0.3, -0.25) is 4.79 Å². The van der Waals surface area contributed by atoms with Crippen LogP contribution in [0.5, 0.6) is 0 Å². The molecule has 4 rings (SSSR count).